The van der Waals surface area contributed by atoms with Crippen LogP contribution in [-0.2, 0) is 32.0 Å². The number of fused-ring (bicyclic) bond motifs is 1. The molecule has 0 bridgehead atoms. The van der Waals surface area contributed by atoms with Crippen LogP contribution in [0, 0.1) is 0 Å². The van der Waals surface area contributed by atoms with Gasteiger partial charge in [0.2, 0.25) is 0 Å². The fourth-order valence-electron chi connectivity index (χ4n) is 4.01. The Labute approximate surface area is 223 Å². The maximum atomic E-state index is 12.3. The van der Waals surface area contributed by atoms with Gasteiger partial charge in [-0.15, -0.1) is 0 Å². The molecule has 11 N–H and O–H groups in total. The average Bonchev–Trinajstić information content (AvgIpc) is 3.43. The quantitative estimate of drug-likeness (QED) is 0.112. The third kappa shape index (κ3) is 6.35. The number of imidazole rings is 1. The molecule has 2 fully saturated rings. The van der Waals surface area contributed by atoms with E-state index in [1.54, 1.807) is 0 Å². The van der Waals surface area contributed by atoms with E-state index in [0.29, 0.717) is 0 Å². The standard InChI is InChI=1S/C17H27N5O16P2/c18-14-7-15(20-3-19-14)22(4-21-7)16-11(28)8(25)6(35-16)2-34-39(30,31)38-40(32,33)37-17-12(29)9(26)10(27)13(36-17)5(24)1-23/h3-6,8-13,16-17,23-29H,1-2H2,(H,30,31)(H,32,33)(H2,18,19,20)/t5-,6+,8-,9-,10-,11?,12?,13?,16+,17-/m0/s1. The second-order valence-corrected chi connectivity index (χ2v) is 11.7. The second kappa shape index (κ2) is 11.9. The van der Waals surface area contributed by atoms with Gasteiger partial charge in [0, 0.05) is 0 Å². The average molecular weight is 619 g/mol. The van der Waals surface area contributed by atoms with Crippen molar-refractivity contribution in [2.45, 2.75) is 61.3 Å². The zero-order valence-corrected chi connectivity index (χ0v) is 21.8. The molecule has 0 amide bonds. The molecule has 0 saturated carbocycles. The highest BCUT2D eigenvalue weighted by atomic mass is 31.3. The van der Waals surface area contributed by atoms with E-state index in [-0.39, 0.29) is 17.0 Å². The van der Waals surface area contributed by atoms with Gasteiger partial charge in [-0.2, -0.15) is 4.31 Å². The Kier molecular flexibility index (Phi) is 9.25. The van der Waals surface area contributed by atoms with Crippen LogP contribution in [-0.4, -0.2) is 133 Å². The van der Waals surface area contributed by atoms with Crippen molar-refractivity contribution in [3.05, 3.63) is 12.7 Å². The van der Waals surface area contributed by atoms with E-state index >= 15 is 0 Å². The van der Waals surface area contributed by atoms with Crippen LogP contribution in [0.5, 0.6) is 0 Å². The molecule has 2 saturated heterocycles. The van der Waals surface area contributed by atoms with Crippen molar-refractivity contribution in [2.75, 3.05) is 18.9 Å². The Bertz CT molecular complexity index is 1290. The summed E-state index contributed by atoms with van der Waals surface area (Å²) in [4.78, 5) is 31.6. The molecule has 2 aliphatic heterocycles. The predicted molar refractivity (Wildman–Crippen MR) is 123 cm³/mol. The van der Waals surface area contributed by atoms with E-state index in [4.69, 9.17) is 20.3 Å². The van der Waals surface area contributed by atoms with E-state index in [2.05, 4.69) is 28.3 Å². The van der Waals surface area contributed by atoms with Crippen molar-refractivity contribution >= 4 is 32.6 Å². The van der Waals surface area contributed by atoms with Crippen LogP contribution < -0.4 is 5.73 Å². The Morgan fingerprint density at radius 3 is 2.35 bits per heavy atom. The summed E-state index contributed by atoms with van der Waals surface area (Å²) in [6.45, 7) is -1.95. The SMILES string of the molecule is Nc1ncnc2c1ncn2[C@@H]1O[C@H](COP(=O)(O)OP(=O)(O)O[C@@H]2OC([C@@H](O)CO)[C@@H](O)[C@H](O)C2O)[C@H](O)C1O. The fraction of sp³-hybridized carbons (Fsp3) is 0.706. The first-order valence-corrected chi connectivity index (χ1v) is 14.3. The highest BCUT2D eigenvalue weighted by Crippen LogP contribution is 2.61. The fourth-order valence-corrected chi connectivity index (χ4v) is 6.17. The number of phosphoric acid groups is 2. The van der Waals surface area contributed by atoms with Crippen molar-refractivity contribution in [1.82, 2.24) is 19.5 Å². The number of aliphatic hydroxyl groups excluding tert-OH is 7. The number of hydrogen-bond acceptors (Lipinski definition) is 18. The van der Waals surface area contributed by atoms with E-state index in [1.807, 2.05) is 0 Å². The van der Waals surface area contributed by atoms with Gasteiger partial charge in [0.05, 0.1) is 19.5 Å². The number of anilines is 1. The van der Waals surface area contributed by atoms with Crippen LogP contribution in [0.25, 0.3) is 11.2 Å². The Hall–Kier alpha value is -1.75. The van der Waals surface area contributed by atoms with Crippen molar-refractivity contribution in [3.63, 3.8) is 0 Å². The van der Waals surface area contributed by atoms with E-state index in [0.717, 1.165) is 6.33 Å². The van der Waals surface area contributed by atoms with Crippen LogP contribution in [0.2, 0.25) is 0 Å². The summed E-state index contributed by atoms with van der Waals surface area (Å²) in [7, 11) is -11.2. The van der Waals surface area contributed by atoms with Gasteiger partial charge in [-0.1, -0.05) is 0 Å². The molecular weight excluding hydrogens is 592 g/mol. The molecule has 2 aromatic heterocycles. The number of rotatable bonds is 10. The zero-order chi connectivity index (χ0) is 29.6. The summed E-state index contributed by atoms with van der Waals surface area (Å²) in [6.07, 6.45) is -16.0. The molecule has 0 spiro atoms. The molecule has 0 aliphatic carbocycles. The summed E-state index contributed by atoms with van der Waals surface area (Å²) in [5.41, 5.74) is 6.03. The van der Waals surface area contributed by atoms with Gasteiger partial charge >= 0.3 is 15.6 Å². The summed E-state index contributed by atoms with van der Waals surface area (Å²) in [6, 6.07) is 0. The second-order valence-electron chi connectivity index (χ2n) is 8.74. The lowest BCUT2D eigenvalue weighted by atomic mass is 9.96. The Morgan fingerprint density at radius 1 is 0.975 bits per heavy atom. The normalized spacial score (nSPS) is 36.8. The molecule has 40 heavy (non-hydrogen) atoms. The van der Waals surface area contributed by atoms with Crippen LogP contribution >= 0.6 is 15.6 Å². The molecule has 0 radical (unpaired) electrons. The Morgan fingerprint density at radius 2 is 1.68 bits per heavy atom. The first-order chi connectivity index (χ1) is 18.7. The molecule has 23 heteroatoms. The van der Waals surface area contributed by atoms with Crippen molar-refractivity contribution in [2.24, 2.45) is 0 Å². The summed E-state index contributed by atoms with van der Waals surface area (Å²) in [5.74, 6) is 0.0302. The number of hydrogen-bond donors (Lipinski definition) is 10. The van der Waals surface area contributed by atoms with Crippen molar-refractivity contribution in [3.8, 4) is 0 Å². The number of phosphoric ester groups is 2. The first kappa shape index (κ1) is 31.2. The number of ether oxygens (including phenoxy) is 2. The van der Waals surface area contributed by atoms with E-state index in [1.165, 1.54) is 10.9 Å². The topological polar surface area (TPSA) is 332 Å². The Balaban J connectivity index is 1.38. The minimum Gasteiger partial charge on any atom is -0.394 e. The van der Waals surface area contributed by atoms with E-state index < -0.39 is 90.2 Å². The molecule has 4 heterocycles. The summed E-state index contributed by atoms with van der Waals surface area (Å²) < 4.78 is 49.6. The molecule has 2 aromatic rings. The molecule has 0 aromatic carbocycles. The third-order valence-corrected chi connectivity index (χ3v) is 8.62. The minimum atomic E-state index is -5.65. The van der Waals surface area contributed by atoms with Crippen molar-refractivity contribution < 1.29 is 77.5 Å². The van der Waals surface area contributed by atoms with Crippen LogP contribution in [0.15, 0.2) is 12.7 Å². The summed E-state index contributed by atoms with van der Waals surface area (Å²) in [5, 5.41) is 69.3. The number of nitrogens with two attached hydrogens (primary N) is 1. The monoisotopic (exact) mass is 619 g/mol. The van der Waals surface area contributed by atoms with Gasteiger partial charge in [-0.25, -0.2) is 24.1 Å². The smallest absolute Gasteiger partial charge is 0.394 e. The van der Waals surface area contributed by atoms with Crippen LogP contribution in [0.4, 0.5) is 5.82 Å². The number of aliphatic hydroxyl groups is 7. The molecule has 5 unspecified atom stereocenters. The first-order valence-electron chi connectivity index (χ1n) is 11.3. The molecule has 12 atom stereocenters. The highest BCUT2D eigenvalue weighted by molar-refractivity contribution is 7.61. The van der Waals surface area contributed by atoms with Crippen LogP contribution in [0.1, 0.15) is 6.23 Å². The molecule has 2 aliphatic rings. The zero-order valence-electron chi connectivity index (χ0n) is 20.0. The van der Waals surface area contributed by atoms with Gasteiger partial charge in [0.25, 0.3) is 0 Å². The molecular formula is C17H27N5O16P2. The maximum absolute atomic E-state index is 12.3. The summed E-state index contributed by atoms with van der Waals surface area (Å²) >= 11 is 0. The minimum absolute atomic E-state index is 0.0302. The molecule has 21 nitrogen and oxygen atoms in total. The number of nitrogens with zero attached hydrogens (tertiary/aromatic N) is 4. The number of nitrogen functional groups attached to an aromatic ring is 1. The lowest BCUT2D eigenvalue weighted by Gasteiger charge is -2.41. The van der Waals surface area contributed by atoms with Gasteiger partial charge in [0.15, 0.2) is 24.0 Å². The lowest BCUT2D eigenvalue weighted by Crippen LogP contribution is -2.61. The third-order valence-electron chi connectivity index (χ3n) is 6.02. The van der Waals surface area contributed by atoms with Crippen molar-refractivity contribution in [1.29, 1.82) is 0 Å². The van der Waals surface area contributed by atoms with Crippen LogP contribution in [0.3, 0.4) is 0 Å². The maximum Gasteiger partial charge on any atom is 0.483 e. The van der Waals surface area contributed by atoms with Gasteiger partial charge in [-0.05, 0) is 0 Å². The predicted octanol–water partition coefficient (Wildman–Crippen LogP) is -4.56. The van der Waals surface area contributed by atoms with Gasteiger partial charge < -0.3 is 60.7 Å². The highest BCUT2D eigenvalue weighted by Gasteiger charge is 2.51. The lowest BCUT2D eigenvalue weighted by molar-refractivity contribution is -0.292. The molecule has 4 rings (SSSR count). The number of aromatic nitrogens is 4. The largest absolute Gasteiger partial charge is 0.483 e. The van der Waals surface area contributed by atoms with E-state index in [9.17, 15) is 49.6 Å². The van der Waals surface area contributed by atoms with Gasteiger partial charge in [0.1, 0.15) is 60.7 Å². The molecule has 226 valence electrons. The van der Waals surface area contributed by atoms with Gasteiger partial charge in [-0.3, -0.25) is 13.6 Å².